The van der Waals surface area contributed by atoms with Crippen LogP contribution in [0.2, 0.25) is 0 Å². The van der Waals surface area contributed by atoms with Crippen molar-refractivity contribution in [3.05, 3.63) is 22.1 Å². The number of H-pyrrole nitrogens is 1. The van der Waals surface area contributed by atoms with E-state index >= 15 is 0 Å². The fraction of sp³-hybridized carbons (Fsp3) is 0.737. The Hall–Kier alpha value is -2.25. The summed E-state index contributed by atoms with van der Waals surface area (Å²) in [6.07, 6.45) is 3.56. The van der Waals surface area contributed by atoms with E-state index in [1.807, 2.05) is 23.6 Å². The van der Waals surface area contributed by atoms with Crippen LogP contribution in [0.3, 0.4) is 0 Å². The fourth-order valence-electron chi connectivity index (χ4n) is 3.79. The second-order valence-corrected chi connectivity index (χ2v) is 8.00. The Morgan fingerprint density at radius 2 is 1.56 bits per heavy atom. The summed E-state index contributed by atoms with van der Waals surface area (Å²) in [4.78, 5) is 42.7. The molecule has 27 heavy (non-hydrogen) atoms. The van der Waals surface area contributed by atoms with Gasteiger partial charge >= 0.3 is 6.03 Å². The van der Waals surface area contributed by atoms with Gasteiger partial charge in [-0.05, 0) is 25.2 Å². The minimum absolute atomic E-state index is 0.00183. The topological polar surface area (TPSA) is 81.7 Å². The highest BCUT2D eigenvalue weighted by atomic mass is 16.2. The highest BCUT2D eigenvalue weighted by Crippen LogP contribution is 2.13. The number of nitrogens with zero attached hydrogens (tertiary/aromatic N) is 4. The number of carbonyl (C=O) groups is 2. The normalized spacial score (nSPS) is 18.3. The van der Waals surface area contributed by atoms with Crippen LogP contribution in [0.25, 0.3) is 0 Å². The van der Waals surface area contributed by atoms with Gasteiger partial charge in [-0.3, -0.25) is 19.4 Å². The molecular formula is C19H31N5O3. The number of piperidine rings is 1. The molecule has 3 heterocycles. The van der Waals surface area contributed by atoms with Gasteiger partial charge in [0.1, 0.15) is 0 Å². The van der Waals surface area contributed by atoms with Crippen LogP contribution < -0.4 is 5.56 Å². The molecule has 150 valence electrons. The van der Waals surface area contributed by atoms with Crippen molar-refractivity contribution in [3.63, 3.8) is 0 Å². The molecule has 2 aliphatic heterocycles. The summed E-state index contributed by atoms with van der Waals surface area (Å²) in [7, 11) is 0. The standard InChI is InChI=1S/C19H31N5O3/c1-15(2)14-24-18(26)13-16(20-24)12-17(25)21-8-10-23(11-9-21)19(27)22-6-4-3-5-7-22/h13,15,20H,3-12,14H2,1-2H3. The van der Waals surface area contributed by atoms with Crippen LogP contribution in [0.5, 0.6) is 0 Å². The summed E-state index contributed by atoms with van der Waals surface area (Å²) in [5, 5.41) is 3.04. The molecule has 0 aromatic carbocycles. The predicted octanol–water partition coefficient (Wildman–Crippen LogP) is 1.13. The van der Waals surface area contributed by atoms with Gasteiger partial charge in [0.15, 0.2) is 0 Å². The molecule has 8 nitrogen and oxygen atoms in total. The first kappa shape index (κ1) is 19.5. The van der Waals surface area contributed by atoms with Gasteiger partial charge in [0.2, 0.25) is 5.91 Å². The molecule has 1 N–H and O–H groups in total. The highest BCUT2D eigenvalue weighted by Gasteiger charge is 2.28. The predicted molar refractivity (Wildman–Crippen MR) is 103 cm³/mol. The molecule has 0 aliphatic carbocycles. The summed E-state index contributed by atoms with van der Waals surface area (Å²) >= 11 is 0. The Balaban J connectivity index is 1.50. The summed E-state index contributed by atoms with van der Waals surface area (Å²) in [6.45, 7) is 8.65. The molecule has 1 aromatic heterocycles. The molecule has 8 heteroatoms. The van der Waals surface area contributed by atoms with Gasteiger partial charge in [0, 0.05) is 57.6 Å². The quantitative estimate of drug-likeness (QED) is 0.854. The van der Waals surface area contributed by atoms with E-state index in [-0.39, 0.29) is 23.9 Å². The van der Waals surface area contributed by atoms with E-state index < -0.39 is 0 Å². The van der Waals surface area contributed by atoms with Crippen molar-refractivity contribution >= 4 is 11.9 Å². The molecule has 3 rings (SSSR count). The third kappa shape index (κ3) is 4.93. The first-order valence-corrected chi connectivity index (χ1v) is 10.0. The van der Waals surface area contributed by atoms with Crippen LogP contribution in [0, 0.1) is 5.92 Å². The van der Waals surface area contributed by atoms with E-state index in [0.29, 0.717) is 44.3 Å². The molecule has 0 unspecified atom stereocenters. The van der Waals surface area contributed by atoms with Crippen molar-refractivity contribution < 1.29 is 9.59 Å². The number of aromatic amines is 1. The van der Waals surface area contributed by atoms with Crippen LogP contribution in [-0.4, -0.2) is 75.7 Å². The minimum atomic E-state index is -0.0940. The number of carbonyl (C=O) groups excluding carboxylic acids is 2. The van der Waals surface area contributed by atoms with Crippen molar-refractivity contribution in [2.45, 2.75) is 46.1 Å². The third-order valence-corrected chi connectivity index (χ3v) is 5.26. The van der Waals surface area contributed by atoms with Crippen LogP contribution in [-0.2, 0) is 17.8 Å². The number of rotatable bonds is 4. The summed E-state index contributed by atoms with van der Waals surface area (Å²) in [6, 6.07) is 1.62. The van der Waals surface area contributed by atoms with Crippen molar-refractivity contribution in [3.8, 4) is 0 Å². The first-order chi connectivity index (χ1) is 12.9. The van der Waals surface area contributed by atoms with E-state index in [9.17, 15) is 14.4 Å². The van der Waals surface area contributed by atoms with Crippen molar-refractivity contribution in [1.82, 2.24) is 24.5 Å². The molecule has 2 fully saturated rings. The first-order valence-electron chi connectivity index (χ1n) is 10.0. The zero-order valence-corrected chi connectivity index (χ0v) is 16.4. The molecule has 3 amide bonds. The lowest BCUT2D eigenvalue weighted by Gasteiger charge is -2.38. The van der Waals surface area contributed by atoms with Gasteiger partial charge in [-0.1, -0.05) is 13.8 Å². The van der Waals surface area contributed by atoms with Gasteiger partial charge in [-0.25, -0.2) is 4.79 Å². The van der Waals surface area contributed by atoms with E-state index in [1.165, 1.54) is 12.5 Å². The van der Waals surface area contributed by atoms with Gasteiger partial charge in [0.25, 0.3) is 5.56 Å². The Morgan fingerprint density at radius 3 is 2.19 bits per heavy atom. The maximum atomic E-state index is 12.6. The Kier molecular flexibility index (Phi) is 6.23. The Labute approximate surface area is 160 Å². The molecule has 0 radical (unpaired) electrons. The SMILES string of the molecule is CC(C)Cn1[nH]c(CC(=O)N2CCN(C(=O)N3CCCCC3)CC2)cc1=O. The van der Waals surface area contributed by atoms with Crippen LogP contribution in [0.15, 0.2) is 10.9 Å². The number of hydrogen-bond acceptors (Lipinski definition) is 3. The molecule has 2 aliphatic rings. The van der Waals surface area contributed by atoms with Crippen LogP contribution >= 0.6 is 0 Å². The van der Waals surface area contributed by atoms with Gasteiger partial charge < -0.3 is 14.7 Å². The number of likely N-dealkylation sites (tertiary alicyclic amines) is 1. The van der Waals surface area contributed by atoms with Crippen molar-refractivity contribution in [2.24, 2.45) is 5.92 Å². The summed E-state index contributed by atoms with van der Waals surface area (Å²) in [5.74, 6) is 0.355. The zero-order chi connectivity index (χ0) is 19.4. The number of amides is 3. The lowest BCUT2D eigenvalue weighted by Crippen LogP contribution is -2.55. The molecule has 1 aromatic rings. The third-order valence-electron chi connectivity index (χ3n) is 5.26. The monoisotopic (exact) mass is 377 g/mol. The van der Waals surface area contributed by atoms with Gasteiger partial charge in [-0.15, -0.1) is 0 Å². The van der Waals surface area contributed by atoms with Gasteiger partial charge in [-0.2, -0.15) is 0 Å². The Morgan fingerprint density at radius 1 is 0.963 bits per heavy atom. The van der Waals surface area contributed by atoms with E-state index in [4.69, 9.17) is 0 Å². The summed E-state index contributed by atoms with van der Waals surface area (Å²) in [5.41, 5.74) is 0.556. The second-order valence-electron chi connectivity index (χ2n) is 8.00. The summed E-state index contributed by atoms with van der Waals surface area (Å²) < 4.78 is 1.56. The number of nitrogens with one attached hydrogen (secondary N) is 1. The van der Waals surface area contributed by atoms with Crippen LogP contribution in [0.4, 0.5) is 4.79 Å². The van der Waals surface area contributed by atoms with Crippen molar-refractivity contribution in [2.75, 3.05) is 39.3 Å². The molecule has 0 atom stereocenters. The number of piperazine rings is 1. The lowest BCUT2D eigenvalue weighted by molar-refractivity contribution is -0.132. The Bertz CT molecular complexity index is 709. The average molecular weight is 377 g/mol. The van der Waals surface area contributed by atoms with Crippen molar-refractivity contribution in [1.29, 1.82) is 0 Å². The molecule has 0 bridgehead atoms. The van der Waals surface area contributed by atoms with E-state index in [0.717, 1.165) is 25.9 Å². The molecule has 0 saturated carbocycles. The van der Waals surface area contributed by atoms with Crippen LogP contribution in [0.1, 0.15) is 38.8 Å². The van der Waals surface area contributed by atoms with E-state index in [1.54, 1.807) is 9.58 Å². The lowest BCUT2D eigenvalue weighted by atomic mass is 10.1. The largest absolute Gasteiger partial charge is 0.339 e. The average Bonchev–Trinajstić information content (AvgIpc) is 3.00. The smallest absolute Gasteiger partial charge is 0.320 e. The number of urea groups is 1. The fourth-order valence-corrected chi connectivity index (χ4v) is 3.79. The highest BCUT2D eigenvalue weighted by molar-refractivity contribution is 5.79. The van der Waals surface area contributed by atoms with E-state index in [2.05, 4.69) is 5.10 Å². The maximum absolute atomic E-state index is 12.6. The number of aromatic nitrogens is 2. The zero-order valence-electron chi connectivity index (χ0n) is 16.4. The van der Waals surface area contributed by atoms with Gasteiger partial charge in [0.05, 0.1) is 6.42 Å². The second kappa shape index (κ2) is 8.63. The molecular weight excluding hydrogens is 346 g/mol. The number of hydrogen-bond donors (Lipinski definition) is 1. The maximum Gasteiger partial charge on any atom is 0.320 e. The minimum Gasteiger partial charge on any atom is -0.339 e. The molecule has 0 spiro atoms. The molecule has 2 saturated heterocycles.